The van der Waals surface area contributed by atoms with Crippen LogP contribution in [-0.4, -0.2) is 66.3 Å². The predicted molar refractivity (Wildman–Crippen MR) is 106 cm³/mol. The summed E-state index contributed by atoms with van der Waals surface area (Å²) < 4.78 is 57.1. The van der Waals surface area contributed by atoms with Gasteiger partial charge in [-0.2, -0.15) is 4.31 Å². The fourth-order valence-corrected chi connectivity index (χ4v) is 4.90. The van der Waals surface area contributed by atoms with E-state index in [1.807, 2.05) is 0 Å². The Morgan fingerprint density at radius 2 is 1.76 bits per heavy atom. The number of nitrogens with zero attached hydrogens (tertiary/aromatic N) is 1. The summed E-state index contributed by atoms with van der Waals surface area (Å²) in [6, 6.07) is 11.0. The lowest BCUT2D eigenvalue weighted by molar-refractivity contribution is -0.903. The number of para-hydroxylation sites is 1. The normalized spacial score (nSPS) is 15.8. The first-order valence-corrected chi connectivity index (χ1v) is 10.8. The molecule has 0 radical (unpaired) electrons. The molecule has 0 amide bonds. The first-order chi connectivity index (χ1) is 14.0. The van der Waals surface area contributed by atoms with Crippen LogP contribution in [0.4, 0.5) is 4.39 Å². The van der Waals surface area contributed by atoms with Crippen molar-refractivity contribution in [2.24, 2.45) is 0 Å². The van der Waals surface area contributed by atoms with Crippen LogP contribution in [0.3, 0.4) is 0 Å². The van der Waals surface area contributed by atoms with Crippen LogP contribution in [0.2, 0.25) is 0 Å². The van der Waals surface area contributed by atoms with Gasteiger partial charge in [0.2, 0.25) is 10.0 Å². The highest BCUT2D eigenvalue weighted by Crippen LogP contribution is 2.30. The lowest BCUT2D eigenvalue weighted by atomic mass is 10.3. The molecule has 3 rings (SSSR count). The molecule has 1 fully saturated rings. The summed E-state index contributed by atoms with van der Waals surface area (Å²) in [4.78, 5) is 1.32. The molecular formula is C20H26FN2O5S+. The van der Waals surface area contributed by atoms with Crippen LogP contribution in [0.15, 0.2) is 47.4 Å². The van der Waals surface area contributed by atoms with E-state index in [2.05, 4.69) is 0 Å². The summed E-state index contributed by atoms with van der Waals surface area (Å²) in [6.07, 6.45) is 0. The highest BCUT2D eigenvalue weighted by molar-refractivity contribution is 7.89. The summed E-state index contributed by atoms with van der Waals surface area (Å²) in [5.74, 6) is 0.599. The van der Waals surface area contributed by atoms with Crippen molar-refractivity contribution >= 4 is 10.0 Å². The van der Waals surface area contributed by atoms with E-state index < -0.39 is 10.0 Å². The van der Waals surface area contributed by atoms with Crippen LogP contribution in [0.5, 0.6) is 17.2 Å². The van der Waals surface area contributed by atoms with E-state index in [9.17, 15) is 12.8 Å². The SMILES string of the molecule is COc1ccc(OC)c(S(=O)(=O)N2CC[NH+](CCOc3ccccc3F)CC2)c1. The Kier molecular flexibility index (Phi) is 6.94. The van der Waals surface area contributed by atoms with Crippen molar-refractivity contribution in [2.45, 2.75) is 4.90 Å². The molecule has 1 heterocycles. The van der Waals surface area contributed by atoms with Gasteiger partial charge in [-0.15, -0.1) is 0 Å². The van der Waals surface area contributed by atoms with E-state index in [4.69, 9.17) is 14.2 Å². The van der Waals surface area contributed by atoms with Gasteiger partial charge in [0.25, 0.3) is 0 Å². The number of hydrogen-bond donors (Lipinski definition) is 1. The zero-order chi connectivity index (χ0) is 20.9. The number of nitrogens with one attached hydrogen (secondary N) is 1. The van der Waals surface area contributed by atoms with Crippen LogP contribution in [0.1, 0.15) is 0 Å². The zero-order valence-corrected chi connectivity index (χ0v) is 17.4. The van der Waals surface area contributed by atoms with Crippen molar-refractivity contribution < 1.29 is 31.9 Å². The molecule has 2 aromatic rings. The number of piperazine rings is 1. The minimum atomic E-state index is -3.70. The first kappa shape index (κ1) is 21.4. The lowest BCUT2D eigenvalue weighted by Gasteiger charge is -2.31. The van der Waals surface area contributed by atoms with Crippen molar-refractivity contribution in [3.63, 3.8) is 0 Å². The summed E-state index contributed by atoms with van der Waals surface area (Å²) in [7, 11) is -0.763. The second kappa shape index (κ2) is 9.43. The van der Waals surface area contributed by atoms with Crippen LogP contribution in [-0.2, 0) is 10.0 Å². The van der Waals surface area contributed by atoms with Gasteiger partial charge in [0.05, 0.1) is 40.4 Å². The van der Waals surface area contributed by atoms with Crippen molar-refractivity contribution in [1.29, 1.82) is 0 Å². The Balaban J connectivity index is 1.58. The number of rotatable bonds is 8. The Morgan fingerprint density at radius 1 is 1.03 bits per heavy atom. The molecule has 0 atom stereocenters. The average molecular weight is 426 g/mol. The maximum absolute atomic E-state index is 13.6. The number of methoxy groups -OCH3 is 2. The fourth-order valence-electron chi connectivity index (χ4n) is 3.28. The van der Waals surface area contributed by atoms with Crippen LogP contribution in [0, 0.1) is 5.82 Å². The molecule has 0 unspecified atom stereocenters. The Labute approximate surface area is 170 Å². The fraction of sp³-hybridized carbons (Fsp3) is 0.400. The van der Waals surface area contributed by atoms with Crippen molar-refractivity contribution in [2.75, 3.05) is 53.6 Å². The van der Waals surface area contributed by atoms with Gasteiger partial charge in [0.1, 0.15) is 29.5 Å². The molecule has 158 valence electrons. The van der Waals surface area contributed by atoms with Gasteiger partial charge in [0.15, 0.2) is 11.6 Å². The van der Waals surface area contributed by atoms with Gasteiger partial charge in [-0.1, -0.05) is 12.1 Å². The second-order valence-electron chi connectivity index (χ2n) is 6.70. The van der Waals surface area contributed by atoms with Gasteiger partial charge in [0, 0.05) is 6.07 Å². The molecule has 0 aliphatic carbocycles. The minimum absolute atomic E-state index is 0.102. The maximum Gasteiger partial charge on any atom is 0.247 e. The topological polar surface area (TPSA) is 69.5 Å². The van der Waals surface area contributed by atoms with E-state index in [0.717, 1.165) is 0 Å². The van der Waals surface area contributed by atoms with E-state index in [0.29, 0.717) is 50.8 Å². The summed E-state index contributed by atoms with van der Waals surface area (Å²) in [5, 5.41) is 0. The van der Waals surface area contributed by atoms with Crippen molar-refractivity contribution in [3.05, 3.63) is 48.3 Å². The van der Waals surface area contributed by atoms with Gasteiger partial charge in [-0.3, -0.25) is 0 Å². The van der Waals surface area contributed by atoms with Crippen molar-refractivity contribution in [3.8, 4) is 17.2 Å². The molecule has 9 heteroatoms. The third-order valence-corrected chi connectivity index (χ3v) is 6.89. The minimum Gasteiger partial charge on any atom is -0.497 e. The third-order valence-electron chi connectivity index (χ3n) is 4.97. The second-order valence-corrected chi connectivity index (χ2v) is 8.61. The van der Waals surface area contributed by atoms with Gasteiger partial charge >= 0.3 is 0 Å². The molecule has 7 nitrogen and oxygen atoms in total. The number of benzene rings is 2. The van der Waals surface area contributed by atoms with Crippen LogP contribution in [0.25, 0.3) is 0 Å². The summed E-state index contributed by atoms with van der Waals surface area (Å²) >= 11 is 0. The lowest BCUT2D eigenvalue weighted by Crippen LogP contribution is -3.15. The molecule has 1 N–H and O–H groups in total. The Bertz CT molecular complexity index is 930. The Hall–Kier alpha value is -2.36. The van der Waals surface area contributed by atoms with E-state index >= 15 is 0 Å². The maximum atomic E-state index is 13.6. The molecule has 0 aromatic heterocycles. The molecule has 0 bridgehead atoms. The van der Waals surface area contributed by atoms with E-state index in [1.54, 1.807) is 30.3 Å². The molecule has 2 aromatic carbocycles. The van der Waals surface area contributed by atoms with Crippen LogP contribution >= 0.6 is 0 Å². The van der Waals surface area contributed by atoms with E-state index in [-0.39, 0.29) is 16.5 Å². The Morgan fingerprint density at radius 3 is 2.41 bits per heavy atom. The number of halogens is 1. The van der Waals surface area contributed by atoms with Gasteiger partial charge in [-0.05, 0) is 24.3 Å². The van der Waals surface area contributed by atoms with Gasteiger partial charge < -0.3 is 19.1 Å². The smallest absolute Gasteiger partial charge is 0.247 e. The molecule has 0 saturated carbocycles. The largest absolute Gasteiger partial charge is 0.497 e. The summed E-state index contributed by atoms with van der Waals surface area (Å²) in [5.41, 5.74) is 0. The number of quaternary nitrogens is 1. The summed E-state index contributed by atoms with van der Waals surface area (Å²) in [6.45, 7) is 3.10. The number of sulfonamides is 1. The predicted octanol–water partition coefficient (Wildman–Crippen LogP) is 0.811. The monoisotopic (exact) mass is 425 g/mol. The third kappa shape index (κ3) is 4.98. The molecule has 29 heavy (non-hydrogen) atoms. The first-order valence-electron chi connectivity index (χ1n) is 9.39. The van der Waals surface area contributed by atoms with E-state index in [1.165, 1.54) is 35.6 Å². The van der Waals surface area contributed by atoms with Crippen LogP contribution < -0.4 is 19.1 Å². The molecule has 0 spiro atoms. The number of hydrogen-bond acceptors (Lipinski definition) is 5. The molecule has 1 aliphatic heterocycles. The quantitative estimate of drug-likeness (QED) is 0.678. The molecule has 1 saturated heterocycles. The highest BCUT2D eigenvalue weighted by atomic mass is 32.2. The van der Waals surface area contributed by atoms with Crippen molar-refractivity contribution in [1.82, 2.24) is 4.31 Å². The zero-order valence-electron chi connectivity index (χ0n) is 16.6. The molecule has 1 aliphatic rings. The average Bonchev–Trinajstić information content (AvgIpc) is 2.75. The standard InChI is InChI=1S/C20H25FN2O5S/c1-26-16-7-8-19(27-2)20(15-16)29(24,25)23-11-9-22(10-12-23)13-14-28-18-6-4-3-5-17(18)21/h3-8,15H,9-14H2,1-2H3/p+1. The highest BCUT2D eigenvalue weighted by Gasteiger charge is 2.32. The van der Waals surface area contributed by atoms with Gasteiger partial charge in [-0.25, -0.2) is 12.8 Å². The number of ether oxygens (including phenoxy) is 3. The molecular weight excluding hydrogens is 399 g/mol.